The van der Waals surface area contributed by atoms with Crippen LogP contribution >= 0.6 is 0 Å². The molecule has 2 aliphatic rings. The molecule has 2 heteroatoms. The molecule has 2 nitrogen and oxygen atoms in total. The molecule has 0 aromatic rings. The second kappa shape index (κ2) is 4.30. The van der Waals surface area contributed by atoms with Crippen molar-refractivity contribution in [3.63, 3.8) is 0 Å². The zero-order chi connectivity index (χ0) is 11.8. The second-order valence-electron chi connectivity index (χ2n) is 7.03. The molecule has 0 N–H and O–H groups in total. The number of likely N-dealkylation sites (tertiary alicyclic amines) is 1. The lowest BCUT2D eigenvalue weighted by Crippen LogP contribution is -2.33. The minimum atomic E-state index is 0.0217. The number of nitrogens with zero attached hydrogens (tertiary/aromatic N) is 1. The van der Waals surface area contributed by atoms with Crippen LogP contribution < -0.4 is 0 Å². The van der Waals surface area contributed by atoms with Gasteiger partial charge in [0.25, 0.3) is 0 Å². The van der Waals surface area contributed by atoms with Gasteiger partial charge >= 0.3 is 0 Å². The van der Waals surface area contributed by atoms with Crippen molar-refractivity contribution in [1.82, 2.24) is 4.90 Å². The van der Waals surface area contributed by atoms with Crippen LogP contribution in [0.4, 0.5) is 0 Å². The van der Waals surface area contributed by atoms with Crippen LogP contribution in [0, 0.1) is 11.3 Å². The fraction of sp³-hybridized carbons (Fsp3) is 1.00. The van der Waals surface area contributed by atoms with Crippen LogP contribution in [-0.4, -0.2) is 36.7 Å². The third-order valence-electron chi connectivity index (χ3n) is 3.84. The quantitative estimate of drug-likeness (QED) is 0.729. The van der Waals surface area contributed by atoms with Crippen molar-refractivity contribution >= 4 is 0 Å². The standard InChI is InChI=1S/C14H27NO/c1-12-5-8-15(9-12)10-14(6-7-14)11-16-13(2,3)4/h12H,5-11H2,1-4H3/t12-/m0/s1. The van der Waals surface area contributed by atoms with Gasteiger partial charge in [-0.15, -0.1) is 0 Å². The van der Waals surface area contributed by atoms with Crippen molar-refractivity contribution in [2.24, 2.45) is 11.3 Å². The summed E-state index contributed by atoms with van der Waals surface area (Å²) in [7, 11) is 0. The second-order valence-corrected chi connectivity index (χ2v) is 7.03. The molecular formula is C14H27NO. The summed E-state index contributed by atoms with van der Waals surface area (Å²) >= 11 is 0. The van der Waals surface area contributed by atoms with Crippen LogP contribution in [-0.2, 0) is 4.74 Å². The molecule has 0 aromatic carbocycles. The van der Waals surface area contributed by atoms with Gasteiger partial charge < -0.3 is 9.64 Å². The van der Waals surface area contributed by atoms with E-state index in [1.165, 1.54) is 38.9 Å². The summed E-state index contributed by atoms with van der Waals surface area (Å²) in [6, 6.07) is 0. The first-order valence-corrected chi connectivity index (χ1v) is 6.75. The van der Waals surface area contributed by atoms with Gasteiger partial charge in [-0.05, 0) is 52.5 Å². The lowest BCUT2D eigenvalue weighted by atomic mass is 10.1. The van der Waals surface area contributed by atoms with Crippen molar-refractivity contribution in [1.29, 1.82) is 0 Å². The molecule has 0 amide bonds. The van der Waals surface area contributed by atoms with E-state index in [0.717, 1.165) is 12.5 Å². The molecule has 94 valence electrons. The number of rotatable bonds is 4. The van der Waals surface area contributed by atoms with Crippen molar-refractivity contribution < 1.29 is 4.74 Å². The lowest BCUT2D eigenvalue weighted by molar-refractivity contribution is -0.0330. The summed E-state index contributed by atoms with van der Waals surface area (Å²) in [6.07, 6.45) is 4.12. The zero-order valence-corrected chi connectivity index (χ0v) is 11.4. The molecule has 1 atom stereocenters. The van der Waals surface area contributed by atoms with Gasteiger partial charge in [0.15, 0.2) is 0 Å². The number of ether oxygens (including phenoxy) is 1. The smallest absolute Gasteiger partial charge is 0.0598 e. The summed E-state index contributed by atoms with van der Waals surface area (Å²) in [5, 5.41) is 0. The maximum Gasteiger partial charge on any atom is 0.0598 e. The highest BCUT2D eigenvalue weighted by Crippen LogP contribution is 2.47. The van der Waals surface area contributed by atoms with Crippen LogP contribution in [0.5, 0.6) is 0 Å². The molecule has 0 unspecified atom stereocenters. The van der Waals surface area contributed by atoms with Gasteiger partial charge in [-0.1, -0.05) is 6.92 Å². The van der Waals surface area contributed by atoms with E-state index in [-0.39, 0.29) is 5.60 Å². The van der Waals surface area contributed by atoms with Crippen LogP contribution in [0.2, 0.25) is 0 Å². The first kappa shape index (κ1) is 12.4. The normalized spacial score (nSPS) is 29.6. The molecule has 2 fully saturated rings. The highest BCUT2D eigenvalue weighted by atomic mass is 16.5. The molecule has 1 saturated heterocycles. The fourth-order valence-electron chi connectivity index (χ4n) is 2.54. The van der Waals surface area contributed by atoms with Gasteiger partial charge in [0, 0.05) is 18.5 Å². The van der Waals surface area contributed by atoms with Crippen molar-refractivity contribution in [3.05, 3.63) is 0 Å². The van der Waals surface area contributed by atoms with Gasteiger partial charge in [0.05, 0.1) is 12.2 Å². The minimum Gasteiger partial charge on any atom is -0.375 e. The highest BCUT2D eigenvalue weighted by Gasteiger charge is 2.45. The Balaban J connectivity index is 1.76. The number of hydrogen-bond acceptors (Lipinski definition) is 2. The van der Waals surface area contributed by atoms with E-state index >= 15 is 0 Å². The first-order chi connectivity index (χ1) is 7.39. The van der Waals surface area contributed by atoms with E-state index in [0.29, 0.717) is 5.41 Å². The van der Waals surface area contributed by atoms with Gasteiger partial charge in [-0.2, -0.15) is 0 Å². The van der Waals surface area contributed by atoms with E-state index in [9.17, 15) is 0 Å². The minimum absolute atomic E-state index is 0.0217. The molecule has 0 bridgehead atoms. The zero-order valence-electron chi connectivity index (χ0n) is 11.4. The van der Waals surface area contributed by atoms with Crippen molar-refractivity contribution in [3.8, 4) is 0 Å². The van der Waals surface area contributed by atoms with Crippen LogP contribution in [0.15, 0.2) is 0 Å². The third kappa shape index (κ3) is 3.46. The summed E-state index contributed by atoms with van der Waals surface area (Å²) < 4.78 is 5.97. The summed E-state index contributed by atoms with van der Waals surface area (Å²) in [4.78, 5) is 2.64. The Labute approximate surface area is 100 Å². The van der Waals surface area contributed by atoms with Crippen LogP contribution in [0.1, 0.15) is 47.0 Å². The van der Waals surface area contributed by atoms with E-state index < -0.39 is 0 Å². The summed E-state index contributed by atoms with van der Waals surface area (Å²) in [5.41, 5.74) is 0.533. The Morgan fingerprint density at radius 1 is 1.31 bits per heavy atom. The predicted octanol–water partition coefficient (Wildman–Crippen LogP) is 2.92. The Bertz CT molecular complexity index is 240. The molecule has 0 spiro atoms. The van der Waals surface area contributed by atoms with E-state index in [1.54, 1.807) is 0 Å². The predicted molar refractivity (Wildman–Crippen MR) is 67.6 cm³/mol. The maximum absolute atomic E-state index is 5.97. The van der Waals surface area contributed by atoms with E-state index in [4.69, 9.17) is 4.74 Å². The third-order valence-corrected chi connectivity index (χ3v) is 3.84. The van der Waals surface area contributed by atoms with Gasteiger partial charge in [0.2, 0.25) is 0 Å². The molecule has 1 aliphatic heterocycles. The Morgan fingerprint density at radius 2 is 2.00 bits per heavy atom. The van der Waals surface area contributed by atoms with E-state index in [2.05, 4.69) is 32.6 Å². The maximum atomic E-state index is 5.97. The van der Waals surface area contributed by atoms with Crippen LogP contribution in [0.3, 0.4) is 0 Å². The molecule has 0 aromatic heterocycles. The average molecular weight is 225 g/mol. The molecule has 0 radical (unpaired) electrons. The molecular weight excluding hydrogens is 198 g/mol. The van der Waals surface area contributed by atoms with Crippen LogP contribution in [0.25, 0.3) is 0 Å². The monoisotopic (exact) mass is 225 g/mol. The Kier molecular flexibility index (Phi) is 3.33. The summed E-state index contributed by atoms with van der Waals surface area (Å²) in [5.74, 6) is 0.902. The van der Waals surface area contributed by atoms with E-state index in [1.807, 2.05) is 0 Å². The molecule has 1 heterocycles. The average Bonchev–Trinajstić information content (AvgIpc) is 2.80. The molecule has 16 heavy (non-hydrogen) atoms. The van der Waals surface area contributed by atoms with Gasteiger partial charge in [0.1, 0.15) is 0 Å². The largest absolute Gasteiger partial charge is 0.375 e. The lowest BCUT2D eigenvalue weighted by Gasteiger charge is -2.27. The van der Waals surface area contributed by atoms with Gasteiger partial charge in [-0.3, -0.25) is 0 Å². The van der Waals surface area contributed by atoms with Gasteiger partial charge in [-0.25, -0.2) is 0 Å². The topological polar surface area (TPSA) is 12.5 Å². The molecule has 1 saturated carbocycles. The Morgan fingerprint density at radius 3 is 2.44 bits per heavy atom. The van der Waals surface area contributed by atoms with Crippen molar-refractivity contribution in [2.75, 3.05) is 26.2 Å². The fourth-order valence-corrected chi connectivity index (χ4v) is 2.54. The molecule has 1 aliphatic carbocycles. The first-order valence-electron chi connectivity index (χ1n) is 6.75. The summed E-state index contributed by atoms with van der Waals surface area (Å²) in [6.45, 7) is 13.7. The SMILES string of the molecule is C[C@H]1CCN(CC2(COC(C)(C)C)CC2)C1. The highest BCUT2D eigenvalue weighted by molar-refractivity contribution is 4.97. The van der Waals surface area contributed by atoms with Crippen molar-refractivity contribution in [2.45, 2.75) is 52.6 Å². The Hall–Kier alpha value is -0.0800. The molecule has 2 rings (SSSR count). The number of hydrogen-bond donors (Lipinski definition) is 0.